The number of imidazole rings is 1. The molecule has 1 aliphatic heterocycles. The molecule has 0 spiro atoms. The fourth-order valence-corrected chi connectivity index (χ4v) is 3.37. The predicted octanol–water partition coefficient (Wildman–Crippen LogP) is 1.58. The Labute approximate surface area is 141 Å². The number of hydrogen-bond donors (Lipinski definition) is 2. The Kier molecular flexibility index (Phi) is 4.87. The Morgan fingerprint density at radius 2 is 2.21 bits per heavy atom. The number of esters is 1. The number of hydrogen-bond acceptors (Lipinski definition) is 5. The topological polar surface area (TPSA) is 78.5 Å². The van der Waals surface area contributed by atoms with Crippen LogP contribution in [0.15, 0.2) is 12.1 Å². The number of aliphatic hydroxyl groups excluding tert-OH is 1. The summed E-state index contributed by atoms with van der Waals surface area (Å²) in [4.78, 5) is 21.7. The normalized spacial score (nSPS) is 21.5. The number of likely N-dealkylation sites (tertiary alicyclic amines) is 1. The molecule has 1 fully saturated rings. The maximum Gasteiger partial charge on any atom is 0.305 e. The molecule has 24 heavy (non-hydrogen) atoms. The van der Waals surface area contributed by atoms with Crippen molar-refractivity contribution < 1.29 is 14.6 Å². The Bertz CT molecular complexity index is 740. The smallest absolute Gasteiger partial charge is 0.305 e. The van der Waals surface area contributed by atoms with E-state index >= 15 is 0 Å². The van der Waals surface area contributed by atoms with Gasteiger partial charge in [0.15, 0.2) is 0 Å². The van der Waals surface area contributed by atoms with Gasteiger partial charge in [-0.1, -0.05) is 6.07 Å². The molecule has 6 heteroatoms. The second-order valence-corrected chi connectivity index (χ2v) is 6.70. The first-order valence-corrected chi connectivity index (χ1v) is 8.40. The lowest BCUT2D eigenvalue weighted by atomic mass is 10.0. The van der Waals surface area contributed by atoms with Gasteiger partial charge < -0.3 is 14.8 Å². The van der Waals surface area contributed by atoms with E-state index < -0.39 is 6.10 Å². The number of nitrogens with one attached hydrogen (secondary N) is 1. The van der Waals surface area contributed by atoms with Gasteiger partial charge in [0.05, 0.1) is 30.7 Å². The zero-order valence-corrected chi connectivity index (χ0v) is 14.5. The third-order valence-corrected chi connectivity index (χ3v) is 5.03. The van der Waals surface area contributed by atoms with Crippen molar-refractivity contribution in [3.63, 3.8) is 0 Å². The van der Waals surface area contributed by atoms with Crippen LogP contribution in [0, 0.1) is 19.8 Å². The van der Waals surface area contributed by atoms with Gasteiger partial charge in [-0.25, -0.2) is 4.98 Å². The first-order valence-electron chi connectivity index (χ1n) is 8.40. The quantitative estimate of drug-likeness (QED) is 0.813. The van der Waals surface area contributed by atoms with Gasteiger partial charge in [0.25, 0.3) is 0 Å². The molecule has 6 nitrogen and oxygen atoms in total. The number of carbonyl (C=O) groups is 1. The molecule has 2 heterocycles. The lowest BCUT2D eigenvalue weighted by molar-refractivity contribution is -0.142. The van der Waals surface area contributed by atoms with E-state index in [-0.39, 0.29) is 18.3 Å². The van der Waals surface area contributed by atoms with E-state index in [4.69, 9.17) is 9.72 Å². The van der Waals surface area contributed by atoms with Crippen molar-refractivity contribution in [1.82, 2.24) is 14.9 Å². The highest BCUT2D eigenvalue weighted by molar-refractivity contribution is 5.79. The molecule has 130 valence electrons. The Hall–Kier alpha value is -1.92. The van der Waals surface area contributed by atoms with Crippen LogP contribution in [0.3, 0.4) is 0 Å². The van der Waals surface area contributed by atoms with Crippen LogP contribution in [0.5, 0.6) is 0 Å². The zero-order valence-electron chi connectivity index (χ0n) is 14.5. The standard InChI is InChI=1S/C18H25N3O3/c1-11-4-5-14-18(12(11)2)20-16(19-14)6-7-21-9-13(15(22)10-21)8-17(23)24-3/h4-5,13,15,22H,6-10H2,1-3H3,(H,19,20)/t13-,15-/m1/s1. The van der Waals surface area contributed by atoms with Crippen LogP contribution >= 0.6 is 0 Å². The molecule has 1 aliphatic rings. The van der Waals surface area contributed by atoms with E-state index in [0.717, 1.165) is 29.8 Å². The van der Waals surface area contributed by atoms with Crippen LogP contribution in [0.4, 0.5) is 0 Å². The molecule has 1 aromatic heterocycles. The average Bonchev–Trinajstić information content (AvgIpc) is 3.13. The second-order valence-electron chi connectivity index (χ2n) is 6.70. The number of carbonyl (C=O) groups excluding carboxylic acids is 1. The van der Waals surface area contributed by atoms with Gasteiger partial charge in [-0.05, 0) is 31.0 Å². The average molecular weight is 331 g/mol. The molecule has 2 atom stereocenters. The number of fused-ring (bicyclic) bond motifs is 1. The van der Waals surface area contributed by atoms with Crippen molar-refractivity contribution in [2.45, 2.75) is 32.8 Å². The first-order chi connectivity index (χ1) is 11.5. The van der Waals surface area contributed by atoms with E-state index in [9.17, 15) is 9.90 Å². The number of aryl methyl sites for hydroxylation is 2. The Morgan fingerprint density at radius 1 is 1.42 bits per heavy atom. The van der Waals surface area contributed by atoms with Crippen molar-refractivity contribution in [2.24, 2.45) is 5.92 Å². The number of rotatable bonds is 5. The lowest BCUT2D eigenvalue weighted by Crippen LogP contribution is -2.24. The zero-order chi connectivity index (χ0) is 17.3. The summed E-state index contributed by atoms with van der Waals surface area (Å²) in [5.41, 5.74) is 4.56. The molecule has 0 unspecified atom stereocenters. The summed E-state index contributed by atoms with van der Waals surface area (Å²) in [5, 5.41) is 10.1. The van der Waals surface area contributed by atoms with Crippen molar-refractivity contribution in [1.29, 1.82) is 0 Å². The molecule has 1 aromatic carbocycles. The van der Waals surface area contributed by atoms with Crippen molar-refractivity contribution in [3.05, 3.63) is 29.1 Å². The first kappa shape index (κ1) is 16.9. The number of aromatic nitrogens is 2. The van der Waals surface area contributed by atoms with Crippen LogP contribution in [0.1, 0.15) is 23.4 Å². The molecule has 0 radical (unpaired) electrons. The molecule has 0 saturated carbocycles. The van der Waals surface area contributed by atoms with Crippen LogP contribution in [0.2, 0.25) is 0 Å². The number of benzene rings is 1. The van der Waals surface area contributed by atoms with Crippen molar-refractivity contribution >= 4 is 17.0 Å². The van der Waals surface area contributed by atoms with E-state index in [2.05, 4.69) is 35.9 Å². The summed E-state index contributed by atoms with van der Waals surface area (Å²) < 4.78 is 4.70. The number of nitrogens with zero attached hydrogens (tertiary/aromatic N) is 2. The van der Waals surface area contributed by atoms with Gasteiger partial charge in [0, 0.05) is 32.0 Å². The van der Waals surface area contributed by atoms with Gasteiger partial charge in [0.1, 0.15) is 5.82 Å². The van der Waals surface area contributed by atoms with Gasteiger partial charge in [-0.15, -0.1) is 0 Å². The monoisotopic (exact) mass is 331 g/mol. The second kappa shape index (κ2) is 6.91. The molecule has 3 rings (SSSR count). The molecule has 0 amide bonds. The Balaban J connectivity index is 1.60. The summed E-state index contributed by atoms with van der Waals surface area (Å²) in [6, 6.07) is 4.17. The van der Waals surface area contributed by atoms with Crippen molar-refractivity contribution in [3.8, 4) is 0 Å². The molecular formula is C18H25N3O3. The molecule has 2 N–H and O–H groups in total. The van der Waals surface area contributed by atoms with Gasteiger partial charge >= 0.3 is 5.97 Å². The Morgan fingerprint density at radius 3 is 2.96 bits per heavy atom. The summed E-state index contributed by atoms with van der Waals surface area (Å²) in [6.45, 7) is 6.31. The van der Waals surface area contributed by atoms with Crippen LogP contribution < -0.4 is 0 Å². The molecular weight excluding hydrogens is 306 g/mol. The minimum Gasteiger partial charge on any atom is -0.469 e. The van der Waals surface area contributed by atoms with E-state index in [0.29, 0.717) is 13.1 Å². The highest BCUT2D eigenvalue weighted by atomic mass is 16.5. The van der Waals surface area contributed by atoms with Gasteiger partial charge in [-0.3, -0.25) is 9.69 Å². The van der Waals surface area contributed by atoms with E-state index in [1.807, 2.05) is 0 Å². The molecule has 0 aliphatic carbocycles. The van der Waals surface area contributed by atoms with Crippen LogP contribution in [0.25, 0.3) is 11.0 Å². The van der Waals surface area contributed by atoms with E-state index in [1.54, 1.807) is 0 Å². The number of aliphatic hydroxyl groups is 1. The summed E-state index contributed by atoms with van der Waals surface area (Å²) in [5.74, 6) is 0.659. The minimum absolute atomic E-state index is 0.0435. The SMILES string of the molecule is COC(=O)C[C@@H]1CN(CCc2nc3c(C)c(C)ccc3[nH]2)C[C@H]1O. The predicted molar refractivity (Wildman–Crippen MR) is 91.8 cm³/mol. The van der Waals surface area contributed by atoms with Gasteiger partial charge in [0.2, 0.25) is 0 Å². The third kappa shape index (κ3) is 3.44. The maximum absolute atomic E-state index is 11.4. The highest BCUT2D eigenvalue weighted by Crippen LogP contribution is 2.22. The molecule has 1 saturated heterocycles. The van der Waals surface area contributed by atoms with E-state index in [1.165, 1.54) is 18.2 Å². The number of β-amino-alcohol motifs (C(OH)–C–C–N with tert-alkyl or cyclic N) is 1. The third-order valence-electron chi connectivity index (χ3n) is 5.03. The van der Waals surface area contributed by atoms with Crippen LogP contribution in [-0.4, -0.2) is 58.8 Å². The summed E-state index contributed by atoms with van der Waals surface area (Å²) >= 11 is 0. The fourth-order valence-electron chi connectivity index (χ4n) is 3.37. The molecule has 0 bridgehead atoms. The maximum atomic E-state index is 11.4. The number of ether oxygens (including phenoxy) is 1. The molecule has 2 aromatic rings. The summed E-state index contributed by atoms with van der Waals surface area (Å²) in [6.07, 6.45) is 0.604. The van der Waals surface area contributed by atoms with Gasteiger partial charge in [-0.2, -0.15) is 0 Å². The number of aromatic amines is 1. The minimum atomic E-state index is -0.468. The highest BCUT2D eigenvalue weighted by Gasteiger charge is 2.32. The van der Waals surface area contributed by atoms with Crippen molar-refractivity contribution in [2.75, 3.05) is 26.7 Å². The summed E-state index contributed by atoms with van der Waals surface area (Å²) in [7, 11) is 1.38. The van der Waals surface area contributed by atoms with Crippen LogP contribution in [-0.2, 0) is 16.0 Å². The lowest BCUT2D eigenvalue weighted by Gasteiger charge is -2.14. The number of methoxy groups -OCH3 is 1. The number of H-pyrrole nitrogens is 1. The fraction of sp³-hybridized carbons (Fsp3) is 0.556. The largest absolute Gasteiger partial charge is 0.469 e.